The summed E-state index contributed by atoms with van der Waals surface area (Å²) in [6, 6.07) is 0.678. The van der Waals surface area contributed by atoms with Crippen molar-refractivity contribution in [1.29, 1.82) is 0 Å². The molecule has 0 aromatic heterocycles. The van der Waals surface area contributed by atoms with Gasteiger partial charge in [-0.25, -0.2) is 4.79 Å². The Hall–Kier alpha value is -0.480. The Morgan fingerprint density at radius 1 is 1.50 bits per heavy atom. The van der Waals surface area contributed by atoms with Crippen molar-refractivity contribution >= 4 is 17.7 Å². The molecule has 0 spiro atoms. The largest absolute Gasteiger partial charge is 0.462 e. The highest BCUT2D eigenvalue weighted by atomic mass is 32.2. The summed E-state index contributed by atoms with van der Waals surface area (Å²) in [4.78, 5) is 13.9. The molecule has 2 rings (SSSR count). The van der Waals surface area contributed by atoms with Gasteiger partial charge in [0.1, 0.15) is 0 Å². The van der Waals surface area contributed by atoms with Crippen LogP contribution in [0.5, 0.6) is 0 Å². The third-order valence-electron chi connectivity index (χ3n) is 3.53. The minimum Gasteiger partial charge on any atom is -0.462 e. The standard InChI is InChI=1S/C12H19NO2S/c1-16-8-5-12(14)15-9-10-4-7-13-6-2-3-11(10)13/h5,8,10-11H,2-4,6-7,9H2,1H3. The fraction of sp³-hybridized carbons (Fsp3) is 0.750. The molecule has 0 aliphatic carbocycles. The molecule has 3 nitrogen and oxygen atoms in total. The van der Waals surface area contributed by atoms with Crippen LogP contribution in [0.15, 0.2) is 11.5 Å². The molecule has 4 heteroatoms. The molecule has 2 aliphatic heterocycles. The van der Waals surface area contributed by atoms with E-state index in [1.807, 2.05) is 6.26 Å². The summed E-state index contributed by atoms with van der Waals surface area (Å²) in [6.45, 7) is 3.02. The highest BCUT2D eigenvalue weighted by Gasteiger charge is 2.37. The molecule has 0 saturated carbocycles. The number of nitrogens with zero attached hydrogens (tertiary/aromatic N) is 1. The van der Waals surface area contributed by atoms with Gasteiger partial charge in [0.05, 0.1) is 6.61 Å². The van der Waals surface area contributed by atoms with Crippen LogP contribution in [0.1, 0.15) is 19.3 Å². The minimum absolute atomic E-state index is 0.203. The van der Waals surface area contributed by atoms with Gasteiger partial charge in [-0.1, -0.05) is 0 Å². The fourth-order valence-corrected chi connectivity index (χ4v) is 2.99. The van der Waals surface area contributed by atoms with E-state index in [1.165, 1.54) is 50.2 Å². The zero-order chi connectivity index (χ0) is 11.4. The van der Waals surface area contributed by atoms with Crippen molar-refractivity contribution in [2.45, 2.75) is 25.3 Å². The van der Waals surface area contributed by atoms with Gasteiger partial charge in [0, 0.05) is 18.0 Å². The van der Waals surface area contributed by atoms with Gasteiger partial charge >= 0.3 is 5.97 Å². The normalized spacial score (nSPS) is 29.8. The molecule has 2 heterocycles. The Morgan fingerprint density at radius 3 is 3.19 bits per heavy atom. The molecule has 2 aliphatic rings. The van der Waals surface area contributed by atoms with Crippen LogP contribution in [0.2, 0.25) is 0 Å². The molecule has 2 unspecified atom stereocenters. The summed E-state index contributed by atoms with van der Waals surface area (Å²) < 4.78 is 5.27. The first kappa shape index (κ1) is 12.0. The van der Waals surface area contributed by atoms with E-state index in [9.17, 15) is 4.79 Å². The van der Waals surface area contributed by atoms with E-state index in [-0.39, 0.29) is 5.97 Å². The van der Waals surface area contributed by atoms with Gasteiger partial charge in [0.15, 0.2) is 0 Å². The summed E-state index contributed by atoms with van der Waals surface area (Å²) in [5.41, 5.74) is 0. The Balaban J connectivity index is 1.74. The van der Waals surface area contributed by atoms with Gasteiger partial charge in [-0.05, 0) is 44.0 Å². The highest BCUT2D eigenvalue weighted by molar-refractivity contribution is 8.01. The molecule has 0 radical (unpaired) electrons. The topological polar surface area (TPSA) is 29.5 Å². The maximum absolute atomic E-state index is 11.3. The third-order valence-corrected chi connectivity index (χ3v) is 3.93. The van der Waals surface area contributed by atoms with E-state index in [2.05, 4.69) is 4.90 Å². The first-order valence-corrected chi connectivity index (χ1v) is 7.20. The average Bonchev–Trinajstić information content (AvgIpc) is 2.86. The summed E-state index contributed by atoms with van der Waals surface area (Å²) in [7, 11) is 0. The number of rotatable bonds is 4. The second-order valence-corrected chi connectivity index (χ2v) is 5.21. The predicted molar refractivity (Wildman–Crippen MR) is 66.3 cm³/mol. The summed E-state index contributed by atoms with van der Waals surface area (Å²) in [5.74, 6) is 0.361. The van der Waals surface area contributed by atoms with Crippen LogP contribution >= 0.6 is 11.8 Å². The quantitative estimate of drug-likeness (QED) is 0.555. The lowest BCUT2D eigenvalue weighted by Gasteiger charge is -2.19. The second-order valence-electron chi connectivity index (χ2n) is 4.46. The average molecular weight is 241 g/mol. The Bertz CT molecular complexity index is 280. The lowest BCUT2D eigenvalue weighted by Crippen LogP contribution is -2.28. The number of carbonyl (C=O) groups excluding carboxylic acids is 1. The van der Waals surface area contributed by atoms with E-state index in [0.29, 0.717) is 18.6 Å². The zero-order valence-electron chi connectivity index (χ0n) is 9.72. The molecule has 2 atom stereocenters. The highest BCUT2D eigenvalue weighted by Crippen LogP contribution is 2.32. The van der Waals surface area contributed by atoms with Gasteiger partial charge in [-0.3, -0.25) is 4.90 Å². The van der Waals surface area contributed by atoms with E-state index in [1.54, 1.807) is 5.41 Å². The lowest BCUT2D eigenvalue weighted by atomic mass is 9.99. The van der Waals surface area contributed by atoms with Crippen LogP contribution in [0, 0.1) is 5.92 Å². The molecule has 0 N–H and O–H groups in total. The summed E-state index contributed by atoms with van der Waals surface area (Å²) in [5, 5.41) is 1.76. The third kappa shape index (κ3) is 2.80. The molecule has 2 fully saturated rings. The van der Waals surface area contributed by atoms with E-state index >= 15 is 0 Å². The first-order chi connectivity index (χ1) is 7.81. The van der Waals surface area contributed by atoms with Gasteiger partial charge in [0.25, 0.3) is 0 Å². The molecular weight excluding hydrogens is 222 g/mol. The second kappa shape index (κ2) is 5.73. The summed E-state index contributed by atoms with van der Waals surface area (Å²) >= 11 is 1.51. The number of esters is 1. The maximum Gasteiger partial charge on any atom is 0.331 e. The van der Waals surface area contributed by atoms with Crippen LogP contribution in [0.4, 0.5) is 0 Å². The molecule has 2 saturated heterocycles. The van der Waals surface area contributed by atoms with Crippen LogP contribution < -0.4 is 0 Å². The van der Waals surface area contributed by atoms with Gasteiger partial charge in [-0.2, -0.15) is 0 Å². The van der Waals surface area contributed by atoms with E-state index in [0.717, 1.165) is 0 Å². The van der Waals surface area contributed by atoms with Crippen molar-refractivity contribution in [3.05, 3.63) is 11.5 Å². The number of hydrogen-bond acceptors (Lipinski definition) is 4. The fourth-order valence-electron chi connectivity index (χ4n) is 2.74. The SMILES string of the molecule is CSC=CC(=O)OCC1CCN2CCCC12. The van der Waals surface area contributed by atoms with Crippen molar-refractivity contribution in [3.8, 4) is 0 Å². The van der Waals surface area contributed by atoms with Gasteiger partial charge in [0.2, 0.25) is 0 Å². The van der Waals surface area contributed by atoms with E-state index < -0.39 is 0 Å². The Morgan fingerprint density at radius 2 is 2.38 bits per heavy atom. The minimum atomic E-state index is -0.203. The molecule has 16 heavy (non-hydrogen) atoms. The van der Waals surface area contributed by atoms with Crippen molar-refractivity contribution < 1.29 is 9.53 Å². The van der Waals surface area contributed by atoms with Crippen molar-refractivity contribution in [2.75, 3.05) is 26.0 Å². The van der Waals surface area contributed by atoms with Crippen LogP contribution in [-0.4, -0.2) is 42.9 Å². The molecule has 0 aromatic rings. The van der Waals surface area contributed by atoms with Crippen molar-refractivity contribution in [1.82, 2.24) is 4.90 Å². The first-order valence-electron chi connectivity index (χ1n) is 5.91. The smallest absolute Gasteiger partial charge is 0.331 e. The van der Waals surface area contributed by atoms with E-state index in [4.69, 9.17) is 4.74 Å². The zero-order valence-corrected chi connectivity index (χ0v) is 10.5. The van der Waals surface area contributed by atoms with Crippen LogP contribution in [0.3, 0.4) is 0 Å². The van der Waals surface area contributed by atoms with Crippen molar-refractivity contribution in [2.24, 2.45) is 5.92 Å². The number of fused-ring (bicyclic) bond motifs is 1. The van der Waals surface area contributed by atoms with Gasteiger partial charge in [-0.15, -0.1) is 11.8 Å². The molecule has 90 valence electrons. The van der Waals surface area contributed by atoms with Crippen LogP contribution in [-0.2, 0) is 9.53 Å². The summed E-state index contributed by atoms with van der Waals surface area (Å²) in [6.07, 6.45) is 7.21. The molecule has 0 bridgehead atoms. The lowest BCUT2D eigenvalue weighted by molar-refractivity contribution is -0.139. The van der Waals surface area contributed by atoms with Crippen LogP contribution in [0.25, 0.3) is 0 Å². The van der Waals surface area contributed by atoms with Gasteiger partial charge < -0.3 is 4.74 Å². The molecular formula is C12H19NO2S. The number of thioether (sulfide) groups is 1. The predicted octanol–water partition coefficient (Wildman–Crippen LogP) is 1.89. The molecule has 0 amide bonds. The van der Waals surface area contributed by atoms with Crippen molar-refractivity contribution in [3.63, 3.8) is 0 Å². The monoisotopic (exact) mass is 241 g/mol. The Labute approximate surface area is 101 Å². The number of hydrogen-bond donors (Lipinski definition) is 0. The molecule has 0 aromatic carbocycles. The maximum atomic E-state index is 11.3. The Kier molecular flexibility index (Phi) is 4.29. The number of carbonyl (C=O) groups is 1. The number of ether oxygens (including phenoxy) is 1.